The summed E-state index contributed by atoms with van der Waals surface area (Å²) in [6, 6.07) is 9.80. The number of nitrogens with two attached hydrogens (primary N) is 1. The molecule has 2 N–H and O–H groups in total. The maximum Gasteiger partial charge on any atom is 0.0994 e. The summed E-state index contributed by atoms with van der Waals surface area (Å²) in [4.78, 5) is 0. The highest BCUT2D eigenvalue weighted by molar-refractivity contribution is 5.42. The van der Waals surface area contributed by atoms with E-state index in [2.05, 4.69) is 19.6 Å². The van der Waals surface area contributed by atoms with E-state index in [1.807, 2.05) is 30.3 Å². The van der Waals surface area contributed by atoms with E-state index >= 15 is 0 Å². The summed E-state index contributed by atoms with van der Waals surface area (Å²) in [5.41, 5.74) is 7.32. The van der Waals surface area contributed by atoms with Gasteiger partial charge >= 0.3 is 0 Å². The van der Waals surface area contributed by atoms with Crippen LogP contribution in [0.25, 0.3) is 0 Å². The molecule has 1 unspecified atom stereocenters. The quantitative estimate of drug-likeness (QED) is 0.758. The van der Waals surface area contributed by atoms with Crippen molar-refractivity contribution in [3.8, 4) is 6.07 Å². The summed E-state index contributed by atoms with van der Waals surface area (Å²) in [5.74, 6) is 0. The summed E-state index contributed by atoms with van der Waals surface area (Å²) < 4.78 is 0. The van der Waals surface area contributed by atoms with Gasteiger partial charge in [-0.05, 0) is 18.1 Å². The zero-order valence-corrected chi connectivity index (χ0v) is 9.03. The minimum atomic E-state index is -0.186. The molecule has 0 heterocycles. The van der Waals surface area contributed by atoms with Gasteiger partial charge in [-0.1, -0.05) is 31.2 Å². The van der Waals surface area contributed by atoms with E-state index in [0.717, 1.165) is 12.0 Å². The molecule has 2 heteroatoms. The molecule has 1 aromatic rings. The van der Waals surface area contributed by atoms with Crippen LogP contribution in [0, 0.1) is 11.3 Å². The van der Waals surface area contributed by atoms with Gasteiger partial charge in [0.15, 0.2) is 0 Å². The molecule has 1 rings (SSSR count). The van der Waals surface area contributed by atoms with Gasteiger partial charge in [0.25, 0.3) is 0 Å². The third-order valence-electron chi connectivity index (χ3n) is 2.74. The Labute approximate surface area is 91.0 Å². The first kappa shape index (κ1) is 11.5. The molecule has 1 aromatic carbocycles. The molecule has 0 saturated carbocycles. The largest absolute Gasteiger partial charge is 0.330 e. The number of hydrogen-bond acceptors (Lipinski definition) is 2. The van der Waals surface area contributed by atoms with Crippen LogP contribution in [-0.4, -0.2) is 6.54 Å². The van der Waals surface area contributed by atoms with Crippen molar-refractivity contribution in [2.75, 3.05) is 6.54 Å². The van der Waals surface area contributed by atoms with Crippen molar-refractivity contribution in [3.63, 3.8) is 0 Å². The number of nitriles is 1. The van der Waals surface area contributed by atoms with Gasteiger partial charge in [0.1, 0.15) is 0 Å². The lowest BCUT2D eigenvalue weighted by atomic mass is 9.77. The lowest BCUT2D eigenvalue weighted by Crippen LogP contribution is -2.32. The van der Waals surface area contributed by atoms with E-state index in [1.165, 1.54) is 0 Å². The summed E-state index contributed by atoms with van der Waals surface area (Å²) in [7, 11) is 0. The molecule has 15 heavy (non-hydrogen) atoms. The fourth-order valence-corrected chi connectivity index (χ4v) is 1.73. The summed E-state index contributed by atoms with van der Waals surface area (Å²) in [6.07, 6.45) is 2.63. The fraction of sp³-hybridized carbons (Fsp3) is 0.308. The van der Waals surface area contributed by atoms with E-state index < -0.39 is 0 Å². The number of nitrogens with zero attached hydrogens (tertiary/aromatic N) is 1. The molecule has 0 spiro atoms. The Balaban J connectivity index is 3.23. The van der Waals surface area contributed by atoms with Gasteiger partial charge in [0.05, 0.1) is 11.6 Å². The zero-order valence-electron chi connectivity index (χ0n) is 9.03. The molecule has 0 aliphatic heterocycles. The normalized spacial score (nSPS) is 13.9. The maximum absolute atomic E-state index is 9.03. The van der Waals surface area contributed by atoms with Gasteiger partial charge in [-0.3, -0.25) is 0 Å². The van der Waals surface area contributed by atoms with E-state index in [9.17, 15) is 0 Å². The predicted molar refractivity (Wildman–Crippen MR) is 62.4 cm³/mol. The third kappa shape index (κ3) is 2.26. The summed E-state index contributed by atoms with van der Waals surface area (Å²) in [5, 5.41) is 9.03. The van der Waals surface area contributed by atoms with Gasteiger partial charge in [-0.2, -0.15) is 5.26 Å². The van der Waals surface area contributed by atoms with Gasteiger partial charge in [0.2, 0.25) is 0 Å². The van der Waals surface area contributed by atoms with E-state index in [-0.39, 0.29) is 5.41 Å². The molecule has 1 atom stereocenters. The average molecular weight is 200 g/mol. The SMILES string of the molecule is C=CCC(C)(CN)c1ccccc1C#N. The lowest BCUT2D eigenvalue weighted by molar-refractivity contribution is 0.490. The van der Waals surface area contributed by atoms with Crippen molar-refractivity contribution >= 4 is 0 Å². The van der Waals surface area contributed by atoms with Crippen LogP contribution in [0.3, 0.4) is 0 Å². The Bertz CT molecular complexity index is 390. The standard InChI is InChI=1S/C13H16N2/c1-3-8-13(2,10-15)12-7-5-4-6-11(12)9-14/h3-7H,1,8,10,15H2,2H3. The second-order valence-electron chi connectivity index (χ2n) is 3.91. The van der Waals surface area contributed by atoms with Crippen molar-refractivity contribution < 1.29 is 0 Å². The highest BCUT2D eigenvalue weighted by Gasteiger charge is 2.25. The highest BCUT2D eigenvalue weighted by atomic mass is 14.6. The molecular weight excluding hydrogens is 184 g/mol. The first-order chi connectivity index (χ1) is 7.18. The van der Waals surface area contributed by atoms with Crippen LogP contribution in [0.5, 0.6) is 0 Å². The smallest absolute Gasteiger partial charge is 0.0994 e. The molecule has 0 fully saturated rings. The van der Waals surface area contributed by atoms with Crippen molar-refractivity contribution in [1.29, 1.82) is 5.26 Å². The molecule has 0 aliphatic rings. The molecule has 0 aliphatic carbocycles. The molecular formula is C13H16N2. The molecule has 0 amide bonds. The minimum Gasteiger partial charge on any atom is -0.330 e. The van der Waals surface area contributed by atoms with Crippen molar-refractivity contribution in [2.45, 2.75) is 18.8 Å². The van der Waals surface area contributed by atoms with Gasteiger partial charge in [-0.25, -0.2) is 0 Å². The number of rotatable bonds is 4. The van der Waals surface area contributed by atoms with Crippen LogP contribution in [0.2, 0.25) is 0 Å². The minimum absolute atomic E-state index is 0.186. The zero-order chi connectivity index (χ0) is 11.3. The topological polar surface area (TPSA) is 49.8 Å². The molecule has 78 valence electrons. The second kappa shape index (κ2) is 4.77. The summed E-state index contributed by atoms with van der Waals surface area (Å²) >= 11 is 0. The van der Waals surface area contributed by atoms with Crippen molar-refractivity contribution in [1.82, 2.24) is 0 Å². The van der Waals surface area contributed by atoms with Crippen molar-refractivity contribution in [3.05, 3.63) is 48.0 Å². The lowest BCUT2D eigenvalue weighted by Gasteiger charge is -2.28. The van der Waals surface area contributed by atoms with Crippen LogP contribution in [0.1, 0.15) is 24.5 Å². The van der Waals surface area contributed by atoms with Crippen LogP contribution in [0.4, 0.5) is 0 Å². The molecule has 0 saturated heterocycles. The summed E-state index contributed by atoms with van der Waals surface area (Å²) in [6.45, 7) is 6.31. The Hall–Kier alpha value is -1.59. The predicted octanol–water partition coefficient (Wildman–Crippen LogP) is 2.35. The Morgan fingerprint density at radius 2 is 2.20 bits per heavy atom. The van der Waals surface area contributed by atoms with Crippen LogP contribution < -0.4 is 5.73 Å². The second-order valence-corrected chi connectivity index (χ2v) is 3.91. The van der Waals surface area contributed by atoms with E-state index in [0.29, 0.717) is 12.1 Å². The van der Waals surface area contributed by atoms with Gasteiger partial charge in [-0.15, -0.1) is 6.58 Å². The van der Waals surface area contributed by atoms with Crippen LogP contribution >= 0.6 is 0 Å². The molecule has 2 nitrogen and oxygen atoms in total. The molecule has 0 aromatic heterocycles. The van der Waals surface area contributed by atoms with Crippen LogP contribution in [-0.2, 0) is 5.41 Å². The number of benzene rings is 1. The van der Waals surface area contributed by atoms with Gasteiger partial charge < -0.3 is 5.73 Å². The Kier molecular flexibility index (Phi) is 3.65. The molecule has 0 bridgehead atoms. The maximum atomic E-state index is 9.03. The van der Waals surface area contributed by atoms with E-state index in [4.69, 9.17) is 11.0 Å². The van der Waals surface area contributed by atoms with Crippen LogP contribution in [0.15, 0.2) is 36.9 Å². The number of allylic oxidation sites excluding steroid dienone is 1. The monoisotopic (exact) mass is 200 g/mol. The Morgan fingerprint density at radius 1 is 1.53 bits per heavy atom. The molecule has 0 radical (unpaired) electrons. The first-order valence-corrected chi connectivity index (χ1v) is 4.98. The first-order valence-electron chi connectivity index (χ1n) is 4.98. The fourth-order valence-electron chi connectivity index (χ4n) is 1.73. The van der Waals surface area contributed by atoms with E-state index in [1.54, 1.807) is 0 Å². The average Bonchev–Trinajstić information content (AvgIpc) is 2.29. The third-order valence-corrected chi connectivity index (χ3v) is 2.74. The Morgan fingerprint density at radius 3 is 2.73 bits per heavy atom. The highest BCUT2D eigenvalue weighted by Crippen LogP contribution is 2.29. The van der Waals surface area contributed by atoms with Gasteiger partial charge in [0, 0.05) is 12.0 Å². The van der Waals surface area contributed by atoms with Crippen molar-refractivity contribution in [2.24, 2.45) is 5.73 Å². The number of hydrogen-bond donors (Lipinski definition) is 1.